The summed E-state index contributed by atoms with van der Waals surface area (Å²) in [5, 5.41) is 3.69. The molecule has 112 valence electrons. The van der Waals surface area contributed by atoms with Crippen molar-refractivity contribution in [2.45, 2.75) is 32.2 Å². The average Bonchev–Trinajstić information content (AvgIpc) is 2.48. The molecule has 1 N–H and O–H groups in total. The van der Waals surface area contributed by atoms with Gasteiger partial charge in [0.05, 0.1) is 7.11 Å². The number of nitrogens with zero attached hydrogens (tertiary/aromatic N) is 1. The third-order valence-electron chi connectivity index (χ3n) is 4.41. The molecular weight excluding hydrogens is 248 g/mol. The molecule has 3 heteroatoms. The van der Waals surface area contributed by atoms with E-state index in [-0.39, 0.29) is 0 Å². The fraction of sp³-hybridized carbons (Fsp3) is 0.647. The van der Waals surface area contributed by atoms with Crippen molar-refractivity contribution in [3.63, 3.8) is 0 Å². The Morgan fingerprint density at radius 1 is 1.35 bits per heavy atom. The van der Waals surface area contributed by atoms with E-state index in [2.05, 4.69) is 36.3 Å². The molecule has 0 bridgehead atoms. The Bertz CT molecular complexity index is 390. The number of nitrogens with one attached hydrogen (secondary N) is 1. The second-order valence-electron chi connectivity index (χ2n) is 6.01. The van der Waals surface area contributed by atoms with Gasteiger partial charge in [0.25, 0.3) is 0 Å². The van der Waals surface area contributed by atoms with Gasteiger partial charge in [0, 0.05) is 12.6 Å². The van der Waals surface area contributed by atoms with E-state index < -0.39 is 0 Å². The molecule has 1 aliphatic heterocycles. The summed E-state index contributed by atoms with van der Waals surface area (Å²) in [6.07, 6.45) is 3.78. The molecule has 1 aromatic rings. The maximum absolute atomic E-state index is 5.18. The third-order valence-corrected chi connectivity index (χ3v) is 4.41. The van der Waals surface area contributed by atoms with Crippen LogP contribution in [-0.4, -0.2) is 44.7 Å². The number of ether oxygens (including phenoxy) is 1. The van der Waals surface area contributed by atoms with Crippen LogP contribution in [0.4, 0.5) is 0 Å². The zero-order chi connectivity index (χ0) is 14.4. The first-order valence-electron chi connectivity index (χ1n) is 7.74. The van der Waals surface area contributed by atoms with Crippen LogP contribution >= 0.6 is 0 Å². The molecule has 1 aliphatic rings. The minimum atomic E-state index is 0.607. The lowest BCUT2D eigenvalue weighted by atomic mass is 9.92. The van der Waals surface area contributed by atoms with Crippen LogP contribution in [-0.2, 0) is 6.42 Å². The summed E-state index contributed by atoms with van der Waals surface area (Å²) >= 11 is 0. The van der Waals surface area contributed by atoms with Crippen LogP contribution in [0.2, 0.25) is 0 Å². The minimum Gasteiger partial charge on any atom is -0.497 e. The summed E-state index contributed by atoms with van der Waals surface area (Å²) in [7, 11) is 3.94. The summed E-state index contributed by atoms with van der Waals surface area (Å²) in [4.78, 5) is 2.45. The predicted molar refractivity (Wildman–Crippen MR) is 84.4 cm³/mol. The maximum Gasteiger partial charge on any atom is 0.118 e. The summed E-state index contributed by atoms with van der Waals surface area (Å²) in [6, 6.07) is 8.99. The smallest absolute Gasteiger partial charge is 0.118 e. The maximum atomic E-state index is 5.18. The van der Waals surface area contributed by atoms with Gasteiger partial charge in [-0.3, -0.25) is 0 Å². The molecule has 1 fully saturated rings. The number of hydrogen-bond donors (Lipinski definition) is 1. The molecule has 0 saturated carbocycles. The molecule has 0 aromatic heterocycles. The van der Waals surface area contributed by atoms with E-state index in [1.54, 1.807) is 7.11 Å². The first-order chi connectivity index (χ1) is 9.69. The van der Waals surface area contributed by atoms with Crippen molar-refractivity contribution < 1.29 is 4.74 Å². The van der Waals surface area contributed by atoms with Gasteiger partial charge >= 0.3 is 0 Å². The second-order valence-corrected chi connectivity index (χ2v) is 6.01. The highest BCUT2D eigenvalue weighted by atomic mass is 16.5. The van der Waals surface area contributed by atoms with Gasteiger partial charge < -0.3 is 15.0 Å². The summed E-state index contributed by atoms with van der Waals surface area (Å²) in [6.45, 7) is 5.87. The van der Waals surface area contributed by atoms with E-state index >= 15 is 0 Å². The van der Waals surface area contributed by atoms with Crippen LogP contribution < -0.4 is 10.1 Å². The fourth-order valence-corrected chi connectivity index (χ4v) is 3.02. The Labute approximate surface area is 123 Å². The van der Waals surface area contributed by atoms with Crippen LogP contribution in [0.15, 0.2) is 24.3 Å². The molecule has 2 unspecified atom stereocenters. The van der Waals surface area contributed by atoms with Gasteiger partial charge in [-0.1, -0.05) is 12.1 Å². The number of benzene rings is 1. The molecule has 20 heavy (non-hydrogen) atoms. The Kier molecular flexibility index (Phi) is 5.86. The molecule has 0 spiro atoms. The van der Waals surface area contributed by atoms with E-state index in [4.69, 9.17) is 4.74 Å². The van der Waals surface area contributed by atoms with Gasteiger partial charge in [-0.2, -0.15) is 0 Å². The van der Waals surface area contributed by atoms with Gasteiger partial charge in [-0.25, -0.2) is 0 Å². The van der Waals surface area contributed by atoms with Crippen molar-refractivity contribution in [3.8, 4) is 5.75 Å². The lowest BCUT2D eigenvalue weighted by Crippen LogP contribution is -2.43. The molecule has 2 rings (SSSR count). The van der Waals surface area contributed by atoms with Gasteiger partial charge in [0.2, 0.25) is 0 Å². The lowest BCUT2D eigenvalue weighted by Gasteiger charge is -2.34. The zero-order valence-corrected chi connectivity index (χ0v) is 13.1. The average molecular weight is 276 g/mol. The minimum absolute atomic E-state index is 0.607. The summed E-state index contributed by atoms with van der Waals surface area (Å²) < 4.78 is 5.18. The quantitative estimate of drug-likeness (QED) is 0.864. The highest BCUT2D eigenvalue weighted by Crippen LogP contribution is 2.18. The van der Waals surface area contributed by atoms with Crippen molar-refractivity contribution >= 4 is 0 Å². The topological polar surface area (TPSA) is 24.5 Å². The highest BCUT2D eigenvalue weighted by molar-refractivity contribution is 5.27. The Morgan fingerprint density at radius 2 is 2.10 bits per heavy atom. The van der Waals surface area contributed by atoms with Crippen molar-refractivity contribution in [2.24, 2.45) is 5.92 Å². The fourth-order valence-electron chi connectivity index (χ4n) is 3.02. The number of rotatable bonds is 6. The van der Waals surface area contributed by atoms with Gasteiger partial charge in [-0.05, 0) is 69.9 Å². The molecule has 1 aromatic carbocycles. The van der Waals surface area contributed by atoms with Crippen molar-refractivity contribution in [3.05, 3.63) is 29.8 Å². The standard InChI is InChI=1S/C17H28N2O/c1-14(16-5-4-12-19(2)13-16)18-11-10-15-6-8-17(20-3)9-7-15/h6-9,14,16,18H,4-5,10-13H2,1-3H3. The normalized spacial score (nSPS) is 21.6. The van der Waals surface area contributed by atoms with E-state index in [1.807, 2.05) is 12.1 Å². The van der Waals surface area contributed by atoms with Gasteiger partial charge in [0.1, 0.15) is 5.75 Å². The van der Waals surface area contributed by atoms with Crippen molar-refractivity contribution in [1.29, 1.82) is 0 Å². The van der Waals surface area contributed by atoms with Gasteiger partial charge in [-0.15, -0.1) is 0 Å². The molecule has 0 amide bonds. The van der Waals surface area contributed by atoms with Gasteiger partial charge in [0.15, 0.2) is 0 Å². The van der Waals surface area contributed by atoms with Crippen LogP contribution in [0.5, 0.6) is 5.75 Å². The first-order valence-corrected chi connectivity index (χ1v) is 7.74. The number of hydrogen-bond acceptors (Lipinski definition) is 3. The monoisotopic (exact) mass is 276 g/mol. The number of piperidine rings is 1. The van der Waals surface area contributed by atoms with E-state index in [9.17, 15) is 0 Å². The van der Waals surface area contributed by atoms with E-state index in [1.165, 1.54) is 31.5 Å². The highest BCUT2D eigenvalue weighted by Gasteiger charge is 2.22. The molecule has 3 nitrogen and oxygen atoms in total. The Morgan fingerprint density at radius 3 is 2.75 bits per heavy atom. The predicted octanol–water partition coefficient (Wildman–Crippen LogP) is 2.56. The summed E-state index contributed by atoms with van der Waals surface area (Å²) in [5.74, 6) is 1.73. The molecule has 0 aliphatic carbocycles. The SMILES string of the molecule is COc1ccc(CCNC(C)C2CCCN(C)C2)cc1. The number of methoxy groups -OCH3 is 1. The van der Waals surface area contributed by atoms with Crippen LogP contribution in [0.3, 0.4) is 0 Å². The Hall–Kier alpha value is -1.06. The molecule has 2 atom stereocenters. The summed E-state index contributed by atoms with van der Waals surface area (Å²) in [5.41, 5.74) is 1.37. The van der Waals surface area contributed by atoms with Crippen molar-refractivity contribution in [1.82, 2.24) is 10.2 Å². The largest absolute Gasteiger partial charge is 0.497 e. The molecule has 0 radical (unpaired) electrons. The molecule has 1 saturated heterocycles. The molecule has 1 heterocycles. The van der Waals surface area contributed by atoms with Crippen LogP contribution in [0, 0.1) is 5.92 Å². The van der Waals surface area contributed by atoms with Crippen molar-refractivity contribution in [2.75, 3.05) is 33.8 Å². The van der Waals surface area contributed by atoms with E-state index in [0.717, 1.165) is 24.6 Å². The Balaban J connectivity index is 1.71. The lowest BCUT2D eigenvalue weighted by molar-refractivity contribution is 0.179. The second kappa shape index (κ2) is 7.65. The first kappa shape index (κ1) is 15.3. The van der Waals surface area contributed by atoms with Crippen LogP contribution in [0.1, 0.15) is 25.3 Å². The van der Waals surface area contributed by atoms with Crippen LogP contribution in [0.25, 0.3) is 0 Å². The third kappa shape index (κ3) is 4.50. The number of likely N-dealkylation sites (tertiary alicyclic amines) is 1. The van der Waals surface area contributed by atoms with E-state index in [0.29, 0.717) is 6.04 Å². The molecular formula is C17H28N2O. The zero-order valence-electron chi connectivity index (χ0n) is 13.1.